The molecule has 0 bridgehead atoms. The summed E-state index contributed by atoms with van der Waals surface area (Å²) in [5.74, 6) is 0.891. The molecule has 0 aliphatic rings. The molecule has 0 saturated heterocycles. The molecule has 0 aliphatic heterocycles. The molecule has 0 spiro atoms. The van der Waals surface area contributed by atoms with E-state index in [9.17, 15) is 0 Å². The smallest absolute Gasteiger partial charge is 0.151 e. The lowest BCUT2D eigenvalue weighted by atomic mass is 10.3. The molecule has 92 valence electrons. The van der Waals surface area contributed by atoms with Gasteiger partial charge in [-0.15, -0.1) is 10.2 Å². The zero-order valence-electron chi connectivity index (χ0n) is 10.4. The Kier molecular flexibility index (Phi) is 3.91. The van der Waals surface area contributed by atoms with Gasteiger partial charge < -0.3 is 9.73 Å². The van der Waals surface area contributed by atoms with Crippen LogP contribution in [0.4, 0.5) is 0 Å². The molecule has 4 nitrogen and oxygen atoms in total. The fourth-order valence-corrected chi connectivity index (χ4v) is 2.52. The van der Waals surface area contributed by atoms with Crippen LogP contribution in [0.2, 0.25) is 0 Å². The van der Waals surface area contributed by atoms with Crippen LogP contribution < -0.4 is 5.32 Å². The molecule has 0 radical (unpaired) electrons. The fourth-order valence-electron chi connectivity index (χ4n) is 1.57. The van der Waals surface area contributed by atoms with Gasteiger partial charge in [-0.2, -0.15) is 0 Å². The number of furan rings is 1. The predicted molar refractivity (Wildman–Crippen MR) is 69.1 cm³/mol. The van der Waals surface area contributed by atoms with Gasteiger partial charge in [0.15, 0.2) is 5.01 Å². The van der Waals surface area contributed by atoms with E-state index in [1.165, 1.54) is 0 Å². The number of rotatable bonds is 5. The van der Waals surface area contributed by atoms with Gasteiger partial charge in [0.25, 0.3) is 0 Å². The van der Waals surface area contributed by atoms with Gasteiger partial charge in [-0.25, -0.2) is 0 Å². The normalized spacial score (nSPS) is 12.9. The van der Waals surface area contributed by atoms with Crippen molar-refractivity contribution in [1.82, 2.24) is 15.5 Å². The molecule has 0 amide bonds. The van der Waals surface area contributed by atoms with Crippen molar-refractivity contribution in [2.24, 2.45) is 0 Å². The van der Waals surface area contributed by atoms with Gasteiger partial charge in [-0.05, 0) is 32.9 Å². The standard InChI is InChI=1S/C12H17N3OS/c1-4-6-13-8(2)11-14-15-12(17-11)10-5-7-16-9(10)3/h5,7-8,13H,4,6H2,1-3H3. The van der Waals surface area contributed by atoms with Crippen LogP contribution in [0, 0.1) is 6.92 Å². The highest BCUT2D eigenvalue weighted by Crippen LogP contribution is 2.29. The SMILES string of the molecule is CCCNC(C)c1nnc(-c2ccoc2C)s1. The van der Waals surface area contributed by atoms with Crippen LogP contribution in [0.1, 0.15) is 37.1 Å². The van der Waals surface area contributed by atoms with Crippen molar-refractivity contribution in [3.63, 3.8) is 0 Å². The van der Waals surface area contributed by atoms with E-state index >= 15 is 0 Å². The van der Waals surface area contributed by atoms with Crippen molar-refractivity contribution in [2.45, 2.75) is 33.2 Å². The van der Waals surface area contributed by atoms with Crippen LogP contribution in [0.25, 0.3) is 10.6 Å². The molecular weight excluding hydrogens is 234 g/mol. The van der Waals surface area contributed by atoms with E-state index in [1.807, 2.05) is 13.0 Å². The zero-order chi connectivity index (χ0) is 12.3. The molecule has 0 aromatic carbocycles. The van der Waals surface area contributed by atoms with Crippen LogP contribution in [0.15, 0.2) is 16.7 Å². The van der Waals surface area contributed by atoms with Crippen LogP contribution in [-0.2, 0) is 0 Å². The summed E-state index contributed by atoms with van der Waals surface area (Å²) in [5, 5.41) is 13.8. The van der Waals surface area contributed by atoms with Crippen LogP contribution in [0.5, 0.6) is 0 Å². The van der Waals surface area contributed by atoms with E-state index in [0.717, 1.165) is 34.3 Å². The second-order valence-corrected chi connectivity index (χ2v) is 5.02. The lowest BCUT2D eigenvalue weighted by Gasteiger charge is -2.08. The monoisotopic (exact) mass is 251 g/mol. The van der Waals surface area contributed by atoms with Crippen LogP contribution in [0.3, 0.4) is 0 Å². The highest BCUT2D eigenvalue weighted by atomic mass is 32.1. The van der Waals surface area contributed by atoms with Gasteiger partial charge >= 0.3 is 0 Å². The second-order valence-electron chi connectivity index (χ2n) is 4.01. The van der Waals surface area contributed by atoms with Gasteiger partial charge in [0.2, 0.25) is 0 Å². The third-order valence-corrected chi connectivity index (χ3v) is 3.74. The van der Waals surface area contributed by atoms with Crippen LogP contribution >= 0.6 is 11.3 Å². The Morgan fingerprint density at radius 3 is 2.94 bits per heavy atom. The zero-order valence-corrected chi connectivity index (χ0v) is 11.2. The third-order valence-electron chi connectivity index (χ3n) is 2.60. The summed E-state index contributed by atoms with van der Waals surface area (Å²) < 4.78 is 5.28. The van der Waals surface area contributed by atoms with Gasteiger partial charge in [-0.1, -0.05) is 18.3 Å². The first-order valence-electron chi connectivity index (χ1n) is 5.83. The maximum absolute atomic E-state index is 5.28. The third kappa shape index (κ3) is 2.73. The maximum Gasteiger partial charge on any atom is 0.151 e. The molecule has 1 N–H and O–H groups in total. The Morgan fingerprint density at radius 1 is 1.47 bits per heavy atom. The first-order chi connectivity index (χ1) is 8.22. The quantitative estimate of drug-likeness (QED) is 0.886. The Hall–Kier alpha value is -1.20. The summed E-state index contributed by atoms with van der Waals surface area (Å²) >= 11 is 1.62. The molecule has 2 aromatic heterocycles. The average molecular weight is 251 g/mol. The highest BCUT2D eigenvalue weighted by Gasteiger charge is 2.14. The predicted octanol–water partition coefficient (Wildman–Crippen LogP) is 3.17. The number of hydrogen-bond donors (Lipinski definition) is 1. The van der Waals surface area contributed by atoms with E-state index in [1.54, 1.807) is 17.6 Å². The minimum Gasteiger partial charge on any atom is -0.469 e. The average Bonchev–Trinajstić information content (AvgIpc) is 2.93. The van der Waals surface area contributed by atoms with E-state index < -0.39 is 0 Å². The topological polar surface area (TPSA) is 51.0 Å². The number of aryl methyl sites for hydroxylation is 1. The molecule has 5 heteroatoms. The Morgan fingerprint density at radius 2 is 2.29 bits per heavy atom. The lowest BCUT2D eigenvalue weighted by Crippen LogP contribution is -2.18. The molecule has 0 saturated carbocycles. The van der Waals surface area contributed by atoms with Gasteiger partial charge in [-0.3, -0.25) is 0 Å². The fraction of sp³-hybridized carbons (Fsp3) is 0.500. The van der Waals surface area contributed by atoms with E-state index in [0.29, 0.717) is 0 Å². The summed E-state index contributed by atoms with van der Waals surface area (Å²) in [6.45, 7) is 7.21. The Balaban J connectivity index is 2.13. The van der Waals surface area contributed by atoms with Gasteiger partial charge in [0, 0.05) is 0 Å². The largest absolute Gasteiger partial charge is 0.469 e. The molecule has 2 aromatic rings. The minimum absolute atomic E-state index is 0.258. The first-order valence-corrected chi connectivity index (χ1v) is 6.65. The van der Waals surface area contributed by atoms with Crippen molar-refractivity contribution >= 4 is 11.3 Å². The summed E-state index contributed by atoms with van der Waals surface area (Å²) in [6, 6.07) is 2.19. The summed E-state index contributed by atoms with van der Waals surface area (Å²) in [5.41, 5.74) is 1.04. The molecule has 2 heterocycles. The molecule has 1 atom stereocenters. The van der Waals surface area contributed by atoms with E-state index in [2.05, 4.69) is 29.4 Å². The van der Waals surface area contributed by atoms with Crippen molar-refractivity contribution in [3.05, 3.63) is 23.1 Å². The molecule has 0 aliphatic carbocycles. The molecule has 1 unspecified atom stereocenters. The van der Waals surface area contributed by atoms with E-state index in [4.69, 9.17) is 4.42 Å². The highest BCUT2D eigenvalue weighted by molar-refractivity contribution is 7.14. The summed E-state index contributed by atoms with van der Waals surface area (Å²) in [4.78, 5) is 0. The molecule has 2 rings (SSSR count). The Labute approximate surface area is 105 Å². The summed E-state index contributed by atoms with van der Waals surface area (Å²) in [7, 11) is 0. The van der Waals surface area contributed by atoms with Crippen molar-refractivity contribution in [2.75, 3.05) is 6.54 Å². The van der Waals surface area contributed by atoms with Crippen molar-refractivity contribution in [3.8, 4) is 10.6 Å². The Bertz CT molecular complexity index is 478. The molecule has 0 fully saturated rings. The lowest BCUT2D eigenvalue weighted by molar-refractivity contribution is 0.535. The maximum atomic E-state index is 5.28. The summed E-state index contributed by atoms with van der Waals surface area (Å²) in [6.07, 6.45) is 2.81. The minimum atomic E-state index is 0.258. The van der Waals surface area contributed by atoms with Crippen LogP contribution in [-0.4, -0.2) is 16.7 Å². The number of hydrogen-bond acceptors (Lipinski definition) is 5. The van der Waals surface area contributed by atoms with Gasteiger partial charge in [0.1, 0.15) is 10.8 Å². The first kappa shape index (κ1) is 12.3. The molecular formula is C12H17N3OS. The number of nitrogens with zero attached hydrogens (tertiary/aromatic N) is 2. The molecule has 17 heavy (non-hydrogen) atoms. The van der Waals surface area contributed by atoms with Crippen molar-refractivity contribution < 1.29 is 4.42 Å². The second kappa shape index (κ2) is 5.42. The number of nitrogens with one attached hydrogen (secondary N) is 1. The number of aromatic nitrogens is 2. The van der Waals surface area contributed by atoms with E-state index in [-0.39, 0.29) is 6.04 Å². The van der Waals surface area contributed by atoms with Crippen molar-refractivity contribution in [1.29, 1.82) is 0 Å². The van der Waals surface area contributed by atoms with Gasteiger partial charge in [0.05, 0.1) is 17.9 Å².